The Kier molecular flexibility index (Phi) is 6.81. The first kappa shape index (κ1) is 23.8. The Bertz CT molecular complexity index is 1060. The molecule has 1 fully saturated rings. The van der Waals surface area contributed by atoms with Crippen molar-refractivity contribution in [2.75, 3.05) is 19.7 Å². The van der Waals surface area contributed by atoms with Crippen molar-refractivity contribution in [3.05, 3.63) is 63.1 Å². The number of nitrogens with two attached hydrogens (primary N) is 2. The van der Waals surface area contributed by atoms with Crippen molar-refractivity contribution in [3.8, 4) is 5.88 Å². The molecule has 1 spiro atoms. The van der Waals surface area contributed by atoms with Crippen molar-refractivity contribution in [2.45, 2.75) is 58.2 Å². The minimum atomic E-state index is -0.284. The quantitative estimate of drug-likeness (QED) is 0.449. The summed E-state index contributed by atoms with van der Waals surface area (Å²) in [5.41, 5.74) is 11.6. The second-order valence-electron chi connectivity index (χ2n) is 9.26. The van der Waals surface area contributed by atoms with E-state index in [1.54, 1.807) is 6.20 Å². The molecule has 9 heteroatoms. The molecule has 1 saturated heterocycles. The van der Waals surface area contributed by atoms with Crippen molar-refractivity contribution in [1.29, 1.82) is 0 Å². The van der Waals surface area contributed by atoms with Crippen LogP contribution >= 0.6 is 11.6 Å². The Balaban J connectivity index is 1.42. The summed E-state index contributed by atoms with van der Waals surface area (Å²) < 4.78 is 6.38. The van der Waals surface area contributed by atoms with Crippen LogP contribution in [0.2, 0.25) is 5.02 Å². The lowest BCUT2D eigenvalue weighted by atomic mass is 9.77. The monoisotopic (exact) mass is 472 g/mol. The van der Waals surface area contributed by atoms with Crippen LogP contribution in [-0.4, -0.2) is 51.0 Å². The molecule has 0 aliphatic carbocycles. The number of aromatic hydroxyl groups is 1. The van der Waals surface area contributed by atoms with E-state index in [2.05, 4.69) is 34.2 Å². The highest BCUT2D eigenvalue weighted by molar-refractivity contribution is 6.30. The molecule has 2 aliphatic heterocycles. The molecule has 0 amide bonds. The lowest BCUT2D eigenvalue weighted by Gasteiger charge is -2.48. The Morgan fingerprint density at radius 3 is 2.94 bits per heavy atom. The zero-order valence-corrected chi connectivity index (χ0v) is 20.3. The van der Waals surface area contributed by atoms with E-state index in [1.165, 1.54) is 16.1 Å². The number of nitrogens with zero attached hydrogens (tertiary/aromatic N) is 4. The molecule has 1 aromatic carbocycles. The van der Waals surface area contributed by atoms with Gasteiger partial charge in [-0.3, -0.25) is 4.90 Å². The summed E-state index contributed by atoms with van der Waals surface area (Å²) in [6.07, 6.45) is 4.42. The summed E-state index contributed by atoms with van der Waals surface area (Å²) in [4.78, 5) is 2.36. The van der Waals surface area contributed by atoms with Crippen molar-refractivity contribution in [2.24, 2.45) is 11.6 Å². The third-order valence-electron chi connectivity index (χ3n) is 6.98. The van der Waals surface area contributed by atoms with Crippen LogP contribution in [0.5, 0.6) is 5.88 Å². The molecule has 4 rings (SSSR count). The molecule has 2 atom stereocenters. The molecule has 0 radical (unpaired) electrons. The predicted octanol–water partition coefficient (Wildman–Crippen LogP) is 2.88. The molecule has 0 saturated carbocycles. The fourth-order valence-electron chi connectivity index (χ4n) is 5.04. The predicted molar refractivity (Wildman–Crippen MR) is 128 cm³/mol. The van der Waals surface area contributed by atoms with E-state index in [0.717, 1.165) is 48.7 Å². The van der Waals surface area contributed by atoms with Crippen molar-refractivity contribution < 1.29 is 9.84 Å². The van der Waals surface area contributed by atoms with Crippen LogP contribution in [0.15, 0.2) is 30.1 Å². The molecular weight excluding hydrogens is 440 g/mol. The molecule has 0 unspecified atom stereocenters. The van der Waals surface area contributed by atoms with Gasteiger partial charge in [0.1, 0.15) is 0 Å². The minimum absolute atomic E-state index is 0.108. The van der Waals surface area contributed by atoms with Gasteiger partial charge in [-0.15, -0.1) is 5.10 Å². The van der Waals surface area contributed by atoms with Crippen LogP contribution < -0.4 is 11.6 Å². The average molecular weight is 473 g/mol. The highest BCUT2D eigenvalue weighted by Gasteiger charge is 2.43. The lowest BCUT2D eigenvalue weighted by Crippen LogP contribution is -2.51. The van der Waals surface area contributed by atoms with Gasteiger partial charge >= 0.3 is 0 Å². The molecule has 0 bridgehead atoms. The van der Waals surface area contributed by atoms with Gasteiger partial charge in [0.05, 0.1) is 24.4 Å². The molecule has 5 N–H and O–H groups in total. The number of hydrazine groups is 1. The number of benzene rings is 1. The number of piperidine rings is 1. The summed E-state index contributed by atoms with van der Waals surface area (Å²) in [5.74, 6) is 6.07. The van der Waals surface area contributed by atoms with E-state index in [4.69, 9.17) is 27.9 Å². The topological polar surface area (TPSA) is 114 Å². The number of ether oxygens (including phenoxy) is 1. The molecule has 33 heavy (non-hydrogen) atoms. The van der Waals surface area contributed by atoms with Gasteiger partial charge in [0.15, 0.2) is 0 Å². The van der Waals surface area contributed by atoms with Crippen molar-refractivity contribution in [3.63, 3.8) is 0 Å². The molecule has 8 nitrogen and oxygen atoms in total. The standard InChI is InChI=1S/C24H33ClN6O2/c1-15-11-24(22-10-19(25)5-4-18(22)6-9-33-24)7-8-30(15)12-20(26)13-31(27)14-21-16(2)17(3)28-29-23(21)32/h4-5,10,13,15H,6-9,11-12,14,26-27H2,1-3H3,(H,29,32)/b20-13-/t15-,24+/m0/s1. The van der Waals surface area contributed by atoms with Crippen LogP contribution in [-0.2, 0) is 23.3 Å². The highest BCUT2D eigenvalue weighted by Crippen LogP contribution is 2.44. The normalized spacial score (nSPS) is 23.5. The summed E-state index contributed by atoms with van der Waals surface area (Å²) in [6.45, 7) is 8.45. The summed E-state index contributed by atoms with van der Waals surface area (Å²) >= 11 is 6.32. The summed E-state index contributed by atoms with van der Waals surface area (Å²) in [5, 5.41) is 20.0. The van der Waals surface area contributed by atoms with Crippen molar-refractivity contribution in [1.82, 2.24) is 20.1 Å². The van der Waals surface area contributed by atoms with Gasteiger partial charge in [-0.2, -0.15) is 5.10 Å². The second-order valence-corrected chi connectivity index (χ2v) is 9.69. The number of rotatable bonds is 5. The van der Waals surface area contributed by atoms with E-state index >= 15 is 0 Å². The molecule has 3 heterocycles. The number of fused-ring (bicyclic) bond motifs is 2. The van der Waals surface area contributed by atoms with E-state index in [-0.39, 0.29) is 17.5 Å². The van der Waals surface area contributed by atoms with Crippen LogP contribution in [0.1, 0.15) is 47.7 Å². The van der Waals surface area contributed by atoms with E-state index in [0.29, 0.717) is 24.4 Å². The number of halogens is 1. The third-order valence-corrected chi connectivity index (χ3v) is 7.22. The molecule has 178 valence electrons. The maximum atomic E-state index is 10.1. The van der Waals surface area contributed by atoms with Crippen LogP contribution in [0.25, 0.3) is 0 Å². The van der Waals surface area contributed by atoms with Crippen LogP contribution in [0.4, 0.5) is 0 Å². The zero-order chi connectivity index (χ0) is 23.8. The van der Waals surface area contributed by atoms with E-state index in [9.17, 15) is 5.11 Å². The van der Waals surface area contributed by atoms with E-state index < -0.39 is 0 Å². The molecule has 1 aromatic heterocycles. The fraction of sp³-hybridized carbons (Fsp3) is 0.500. The molecular formula is C24H33ClN6O2. The number of aryl methyl sites for hydroxylation is 1. The Morgan fingerprint density at radius 2 is 2.18 bits per heavy atom. The second kappa shape index (κ2) is 9.46. The lowest BCUT2D eigenvalue weighted by molar-refractivity contribution is -0.110. The van der Waals surface area contributed by atoms with Gasteiger partial charge in [0, 0.05) is 41.6 Å². The highest BCUT2D eigenvalue weighted by atomic mass is 35.5. The molecule has 2 aliphatic rings. The summed E-state index contributed by atoms with van der Waals surface area (Å²) in [7, 11) is 0. The van der Waals surface area contributed by atoms with Gasteiger partial charge < -0.3 is 20.6 Å². The Morgan fingerprint density at radius 1 is 1.39 bits per heavy atom. The Hall–Kier alpha value is -2.39. The number of hydrogen-bond donors (Lipinski definition) is 3. The maximum absolute atomic E-state index is 10.1. The summed E-state index contributed by atoms with van der Waals surface area (Å²) in [6, 6.07) is 6.45. The van der Waals surface area contributed by atoms with Crippen LogP contribution in [0.3, 0.4) is 0 Å². The third kappa shape index (κ3) is 4.94. The van der Waals surface area contributed by atoms with Gasteiger partial charge in [0.2, 0.25) is 5.88 Å². The van der Waals surface area contributed by atoms with Gasteiger partial charge in [-0.1, -0.05) is 17.7 Å². The average Bonchev–Trinajstić information content (AvgIpc) is 2.77. The maximum Gasteiger partial charge on any atom is 0.236 e. The van der Waals surface area contributed by atoms with E-state index in [1.807, 2.05) is 19.9 Å². The first-order valence-corrected chi connectivity index (χ1v) is 11.7. The Labute approximate surface area is 200 Å². The van der Waals surface area contributed by atoms with Gasteiger partial charge in [-0.25, -0.2) is 5.84 Å². The smallest absolute Gasteiger partial charge is 0.236 e. The van der Waals surface area contributed by atoms with Crippen LogP contribution in [0, 0.1) is 13.8 Å². The number of likely N-dealkylation sites (tertiary alicyclic amines) is 1. The fourth-order valence-corrected chi connectivity index (χ4v) is 5.21. The SMILES string of the molecule is Cc1nnc(O)c(CN(N)/C=C(\N)CN2CC[C@]3(C[C@@H]2C)OCCc2ccc(Cl)cc23)c1C. The van der Waals surface area contributed by atoms with Gasteiger partial charge in [-0.05, 0) is 68.9 Å². The molecule has 2 aromatic rings. The largest absolute Gasteiger partial charge is 0.492 e. The van der Waals surface area contributed by atoms with Crippen molar-refractivity contribution >= 4 is 11.6 Å². The number of aromatic nitrogens is 2. The minimum Gasteiger partial charge on any atom is -0.492 e. The van der Waals surface area contributed by atoms with Gasteiger partial charge in [0.25, 0.3) is 0 Å². The first-order chi connectivity index (χ1) is 15.7. The zero-order valence-electron chi connectivity index (χ0n) is 19.5. The number of hydrogen-bond acceptors (Lipinski definition) is 8. The first-order valence-electron chi connectivity index (χ1n) is 11.3.